The number of sulfonamides is 1. The summed E-state index contributed by atoms with van der Waals surface area (Å²) in [6.07, 6.45) is -0.101. The van der Waals surface area contributed by atoms with Crippen LogP contribution in [-0.4, -0.2) is 37.6 Å². The third-order valence-electron chi connectivity index (χ3n) is 4.60. The van der Waals surface area contributed by atoms with Gasteiger partial charge in [-0.15, -0.1) is 0 Å². The van der Waals surface area contributed by atoms with Gasteiger partial charge < -0.3 is 5.32 Å². The Kier molecular flexibility index (Phi) is 6.40. The van der Waals surface area contributed by atoms with Crippen LogP contribution in [0, 0.1) is 11.6 Å². The number of alkyl halides is 2. The van der Waals surface area contributed by atoms with E-state index in [4.69, 9.17) is 11.6 Å². The average molecular weight is 465 g/mol. The highest BCUT2D eigenvalue weighted by Gasteiger charge is 2.39. The number of hydrogen-bond acceptors (Lipinski definition) is 3. The first-order valence-electron chi connectivity index (χ1n) is 8.93. The van der Waals surface area contributed by atoms with E-state index in [0.717, 1.165) is 30.3 Å². The number of nitrogens with zero attached hydrogens (tertiary/aromatic N) is 1. The van der Waals surface area contributed by atoms with Gasteiger partial charge in [0.1, 0.15) is 16.5 Å². The summed E-state index contributed by atoms with van der Waals surface area (Å²) >= 11 is 5.65. The summed E-state index contributed by atoms with van der Waals surface area (Å²) in [7, 11) is -4.60. The molecule has 1 fully saturated rings. The maximum atomic E-state index is 14.3. The van der Waals surface area contributed by atoms with Gasteiger partial charge in [0.2, 0.25) is 10.0 Å². The average Bonchev–Trinajstić information content (AvgIpc) is 2.86. The van der Waals surface area contributed by atoms with E-state index in [0.29, 0.717) is 4.31 Å². The van der Waals surface area contributed by atoms with Crippen molar-refractivity contribution in [1.29, 1.82) is 0 Å². The molecule has 3 rings (SSSR count). The molecule has 0 radical (unpaired) electrons. The van der Waals surface area contributed by atoms with E-state index in [2.05, 4.69) is 5.32 Å². The van der Waals surface area contributed by atoms with E-state index in [-0.39, 0.29) is 35.7 Å². The van der Waals surface area contributed by atoms with Gasteiger partial charge >= 0.3 is 0 Å². The molecule has 0 atom stereocenters. The fraction of sp³-hybridized carbons (Fsp3) is 0.316. The topological polar surface area (TPSA) is 66.5 Å². The molecule has 1 aliphatic heterocycles. The van der Waals surface area contributed by atoms with Crippen LogP contribution in [0.5, 0.6) is 0 Å². The van der Waals surface area contributed by atoms with Crippen LogP contribution in [0.25, 0.3) is 0 Å². The summed E-state index contributed by atoms with van der Waals surface area (Å²) in [4.78, 5) is 11.6. The minimum atomic E-state index is -4.60. The Labute approximate surface area is 175 Å². The number of rotatable bonds is 4. The second-order valence-electron chi connectivity index (χ2n) is 6.88. The van der Waals surface area contributed by atoms with Crippen molar-refractivity contribution in [3.63, 3.8) is 0 Å². The maximum absolute atomic E-state index is 14.3. The lowest BCUT2D eigenvalue weighted by Crippen LogP contribution is -2.39. The summed E-state index contributed by atoms with van der Waals surface area (Å²) in [5.41, 5.74) is -0.0932. The van der Waals surface area contributed by atoms with Gasteiger partial charge in [-0.2, -0.15) is 4.31 Å². The van der Waals surface area contributed by atoms with Gasteiger partial charge in [0.15, 0.2) is 0 Å². The smallest absolute Gasteiger partial charge is 0.261 e. The first-order chi connectivity index (χ1) is 14.0. The second-order valence-corrected chi connectivity index (χ2v) is 9.19. The largest absolute Gasteiger partial charge is 0.322 e. The molecular weight excluding hydrogens is 448 g/mol. The van der Waals surface area contributed by atoms with Crippen molar-refractivity contribution in [2.75, 3.05) is 18.4 Å². The van der Waals surface area contributed by atoms with Crippen molar-refractivity contribution in [3.8, 4) is 0 Å². The van der Waals surface area contributed by atoms with Crippen molar-refractivity contribution in [2.45, 2.75) is 30.1 Å². The van der Waals surface area contributed by atoms with Gasteiger partial charge in [0.05, 0.1) is 11.6 Å². The van der Waals surface area contributed by atoms with Gasteiger partial charge in [-0.25, -0.2) is 26.0 Å². The molecule has 0 saturated carbocycles. The van der Waals surface area contributed by atoms with Crippen LogP contribution in [0.3, 0.4) is 0 Å². The predicted octanol–water partition coefficient (Wildman–Crippen LogP) is 4.68. The zero-order valence-electron chi connectivity index (χ0n) is 15.5. The summed E-state index contributed by atoms with van der Waals surface area (Å²) < 4.78 is 81.5. The molecule has 11 heteroatoms. The lowest BCUT2D eigenvalue weighted by Gasteiger charge is -2.24. The molecule has 0 spiro atoms. The van der Waals surface area contributed by atoms with E-state index >= 15 is 0 Å². The van der Waals surface area contributed by atoms with E-state index in [1.165, 1.54) is 6.07 Å². The van der Waals surface area contributed by atoms with Crippen molar-refractivity contribution < 1.29 is 30.8 Å². The number of amides is 1. The molecule has 0 aliphatic carbocycles. The number of halogens is 5. The molecule has 30 heavy (non-hydrogen) atoms. The molecule has 1 N–H and O–H groups in total. The van der Waals surface area contributed by atoms with Gasteiger partial charge in [-0.3, -0.25) is 4.79 Å². The SMILES string of the molecule is O=C(Nc1ccc(F)c(Cl)c1)c1ccc(F)c(S(=O)(=O)N2CCCCC(F)(F)C2)c1. The number of hydrogen-bond donors (Lipinski definition) is 1. The van der Waals surface area contributed by atoms with E-state index in [9.17, 15) is 30.8 Å². The lowest BCUT2D eigenvalue weighted by molar-refractivity contribution is -0.0155. The Balaban J connectivity index is 1.90. The molecular formula is C19H17ClF4N2O3S. The van der Waals surface area contributed by atoms with Crippen LogP contribution in [0.15, 0.2) is 41.3 Å². The highest BCUT2D eigenvalue weighted by atomic mass is 35.5. The number of carbonyl (C=O) groups excluding carboxylic acids is 1. The van der Waals surface area contributed by atoms with Gasteiger partial charge in [0.25, 0.3) is 11.8 Å². The van der Waals surface area contributed by atoms with Crippen molar-refractivity contribution in [3.05, 3.63) is 58.6 Å². The zero-order valence-corrected chi connectivity index (χ0v) is 17.0. The molecule has 0 aromatic heterocycles. The Morgan fingerprint density at radius 1 is 1.07 bits per heavy atom. The molecule has 162 valence electrons. The van der Waals surface area contributed by atoms with Crippen molar-refractivity contribution >= 4 is 33.2 Å². The Hall–Kier alpha value is -2.17. The minimum absolute atomic E-state index is 0.132. The number of anilines is 1. The molecule has 1 amide bonds. The predicted molar refractivity (Wildman–Crippen MR) is 103 cm³/mol. The summed E-state index contributed by atoms with van der Waals surface area (Å²) in [5.74, 6) is -5.89. The number of benzene rings is 2. The van der Waals surface area contributed by atoms with Crippen LogP contribution in [-0.2, 0) is 10.0 Å². The molecule has 5 nitrogen and oxygen atoms in total. The fourth-order valence-electron chi connectivity index (χ4n) is 3.05. The molecule has 1 saturated heterocycles. The third kappa shape index (κ3) is 4.93. The quantitative estimate of drug-likeness (QED) is 0.668. The van der Waals surface area contributed by atoms with Crippen LogP contribution in [0.4, 0.5) is 23.2 Å². The van der Waals surface area contributed by atoms with Crippen LogP contribution < -0.4 is 5.32 Å². The van der Waals surface area contributed by atoms with Crippen molar-refractivity contribution in [2.24, 2.45) is 0 Å². The second kappa shape index (κ2) is 8.52. The molecule has 2 aromatic rings. The van der Waals surface area contributed by atoms with Crippen LogP contribution in [0.2, 0.25) is 5.02 Å². The normalized spacial score (nSPS) is 17.4. The molecule has 0 bridgehead atoms. The van der Waals surface area contributed by atoms with Gasteiger partial charge in [0, 0.05) is 24.2 Å². The molecule has 1 heterocycles. The summed E-state index contributed by atoms with van der Waals surface area (Å²) in [6.45, 7) is -1.23. The van der Waals surface area contributed by atoms with Gasteiger partial charge in [-0.05, 0) is 49.2 Å². The standard InChI is InChI=1S/C19H17ClF4N2O3S/c20-14-10-13(4-6-15(14)21)25-18(27)12-3-5-16(22)17(9-12)30(28,29)26-8-2-1-7-19(23,24)11-26/h3-6,9-10H,1-2,7-8,11H2,(H,25,27). The maximum Gasteiger partial charge on any atom is 0.261 e. The third-order valence-corrected chi connectivity index (χ3v) is 6.75. The minimum Gasteiger partial charge on any atom is -0.322 e. The van der Waals surface area contributed by atoms with Gasteiger partial charge in [-0.1, -0.05) is 11.6 Å². The van der Waals surface area contributed by atoms with Crippen molar-refractivity contribution in [1.82, 2.24) is 4.31 Å². The Morgan fingerprint density at radius 3 is 2.47 bits per heavy atom. The molecule has 2 aromatic carbocycles. The summed E-state index contributed by atoms with van der Waals surface area (Å²) in [5, 5.41) is 2.15. The van der Waals surface area contributed by atoms with E-state index in [1.54, 1.807) is 0 Å². The molecule has 0 unspecified atom stereocenters. The Bertz CT molecular complexity index is 1080. The first-order valence-corrected chi connectivity index (χ1v) is 10.8. The number of carbonyl (C=O) groups is 1. The Morgan fingerprint density at radius 2 is 1.77 bits per heavy atom. The molecule has 1 aliphatic rings. The highest BCUT2D eigenvalue weighted by molar-refractivity contribution is 7.89. The summed E-state index contributed by atoms with van der Waals surface area (Å²) in [6, 6.07) is 6.02. The highest BCUT2D eigenvalue weighted by Crippen LogP contribution is 2.31. The van der Waals surface area contributed by atoms with E-state index in [1.807, 2.05) is 0 Å². The van der Waals surface area contributed by atoms with Crippen LogP contribution >= 0.6 is 11.6 Å². The number of nitrogens with one attached hydrogen (secondary N) is 1. The van der Waals surface area contributed by atoms with Crippen LogP contribution in [0.1, 0.15) is 29.6 Å². The van der Waals surface area contributed by atoms with E-state index < -0.39 is 51.3 Å². The fourth-order valence-corrected chi connectivity index (χ4v) is 4.83. The monoisotopic (exact) mass is 464 g/mol. The zero-order chi connectivity index (χ0) is 22.1. The lowest BCUT2D eigenvalue weighted by atomic mass is 10.2. The first kappa shape index (κ1) is 22.5.